The predicted molar refractivity (Wildman–Crippen MR) is 87.6 cm³/mol. The van der Waals surface area contributed by atoms with Gasteiger partial charge >= 0.3 is 0 Å². The van der Waals surface area contributed by atoms with Gasteiger partial charge in [0.2, 0.25) is 0 Å². The zero-order valence-electron chi connectivity index (χ0n) is 12.4. The van der Waals surface area contributed by atoms with Crippen LogP contribution in [0.2, 0.25) is 0 Å². The molecule has 22 heavy (non-hydrogen) atoms. The molecule has 3 heteroatoms. The molecule has 3 aromatic rings. The van der Waals surface area contributed by atoms with Crippen molar-refractivity contribution < 1.29 is 4.79 Å². The summed E-state index contributed by atoms with van der Waals surface area (Å²) in [6.07, 6.45) is 1.99. The van der Waals surface area contributed by atoms with Crippen LogP contribution in [0.3, 0.4) is 0 Å². The predicted octanol–water partition coefficient (Wildman–Crippen LogP) is 3.54. The minimum atomic E-state index is -0.172. The van der Waals surface area contributed by atoms with E-state index in [-0.39, 0.29) is 11.9 Å². The number of nitrogens with zero attached hydrogens (tertiary/aromatic N) is 1. The summed E-state index contributed by atoms with van der Waals surface area (Å²) < 4.78 is 2.03. The maximum absolute atomic E-state index is 12.5. The minimum Gasteiger partial charge on any atom is -0.352 e. The monoisotopic (exact) mass is 290 g/mol. The van der Waals surface area contributed by atoms with Gasteiger partial charge < -0.3 is 9.88 Å². The maximum Gasteiger partial charge on any atom is 0.252 e. The first kappa shape index (κ1) is 14.1. The average molecular weight is 290 g/mol. The first-order chi connectivity index (χ1) is 10.8. The Kier molecular flexibility index (Phi) is 4.05. The zero-order valence-corrected chi connectivity index (χ0v) is 12.4. The molecule has 3 nitrogen and oxygen atoms in total. The summed E-state index contributed by atoms with van der Waals surface area (Å²) in [4.78, 5) is 12.5. The van der Waals surface area contributed by atoms with E-state index in [1.54, 1.807) is 0 Å². The molecular formula is C19H18N2O. The fourth-order valence-electron chi connectivity index (χ4n) is 2.55. The summed E-state index contributed by atoms with van der Waals surface area (Å²) in [5.41, 5.74) is 2.78. The van der Waals surface area contributed by atoms with Crippen LogP contribution in [0.25, 0.3) is 0 Å². The van der Waals surface area contributed by atoms with Crippen LogP contribution < -0.4 is 5.32 Å². The molecule has 1 heterocycles. The van der Waals surface area contributed by atoms with E-state index >= 15 is 0 Å². The topological polar surface area (TPSA) is 34.0 Å². The quantitative estimate of drug-likeness (QED) is 0.783. The second-order valence-electron chi connectivity index (χ2n) is 5.23. The second-order valence-corrected chi connectivity index (χ2v) is 5.23. The lowest BCUT2D eigenvalue weighted by Crippen LogP contribution is -2.30. The van der Waals surface area contributed by atoms with Crippen LogP contribution in [-0.4, -0.2) is 10.5 Å². The van der Waals surface area contributed by atoms with Gasteiger partial charge in [0.1, 0.15) is 0 Å². The highest BCUT2D eigenvalue weighted by Gasteiger charge is 2.19. The first-order valence-electron chi connectivity index (χ1n) is 7.28. The van der Waals surface area contributed by atoms with Gasteiger partial charge in [-0.3, -0.25) is 4.79 Å². The van der Waals surface area contributed by atoms with Gasteiger partial charge in [-0.05, 0) is 29.8 Å². The molecule has 0 aliphatic carbocycles. The van der Waals surface area contributed by atoms with Crippen molar-refractivity contribution in [2.45, 2.75) is 6.04 Å². The molecule has 1 unspecified atom stereocenters. The van der Waals surface area contributed by atoms with Gasteiger partial charge in [-0.25, -0.2) is 0 Å². The third-order valence-corrected chi connectivity index (χ3v) is 3.72. The molecule has 0 aliphatic heterocycles. The number of carbonyl (C=O) groups is 1. The van der Waals surface area contributed by atoms with Gasteiger partial charge in [-0.1, -0.05) is 48.5 Å². The molecule has 0 aliphatic rings. The van der Waals surface area contributed by atoms with E-state index in [1.165, 1.54) is 0 Å². The van der Waals surface area contributed by atoms with Crippen LogP contribution in [0.15, 0.2) is 79.0 Å². The van der Waals surface area contributed by atoms with Crippen LogP contribution in [0.5, 0.6) is 0 Å². The summed E-state index contributed by atoms with van der Waals surface area (Å²) in [7, 11) is 1.99. The van der Waals surface area contributed by atoms with E-state index in [1.807, 2.05) is 90.6 Å². The van der Waals surface area contributed by atoms with E-state index in [2.05, 4.69) is 5.32 Å². The van der Waals surface area contributed by atoms with E-state index in [0.717, 1.165) is 11.3 Å². The van der Waals surface area contributed by atoms with Crippen molar-refractivity contribution in [3.05, 3.63) is 95.8 Å². The molecule has 0 radical (unpaired) electrons. The first-order valence-corrected chi connectivity index (χ1v) is 7.28. The Labute approximate surface area is 130 Å². The molecule has 1 amide bonds. The third-order valence-electron chi connectivity index (χ3n) is 3.72. The number of hydrogen-bond donors (Lipinski definition) is 1. The van der Waals surface area contributed by atoms with Crippen LogP contribution in [0.4, 0.5) is 0 Å². The zero-order chi connectivity index (χ0) is 15.4. The van der Waals surface area contributed by atoms with Gasteiger partial charge in [0.15, 0.2) is 0 Å². The Morgan fingerprint density at radius 2 is 1.55 bits per heavy atom. The summed E-state index contributed by atoms with van der Waals surface area (Å²) in [6.45, 7) is 0. The molecule has 3 rings (SSSR count). The Morgan fingerprint density at radius 1 is 0.909 bits per heavy atom. The van der Waals surface area contributed by atoms with Crippen molar-refractivity contribution in [1.29, 1.82) is 0 Å². The lowest BCUT2D eigenvalue weighted by Gasteiger charge is -2.20. The molecule has 0 saturated carbocycles. The lowest BCUT2D eigenvalue weighted by molar-refractivity contribution is 0.0942. The van der Waals surface area contributed by atoms with E-state index < -0.39 is 0 Å². The average Bonchev–Trinajstić information content (AvgIpc) is 3.00. The van der Waals surface area contributed by atoms with Crippen LogP contribution in [-0.2, 0) is 7.05 Å². The van der Waals surface area contributed by atoms with Gasteiger partial charge in [0.25, 0.3) is 5.91 Å². The Morgan fingerprint density at radius 3 is 2.14 bits per heavy atom. The molecule has 110 valence electrons. The number of rotatable bonds is 4. The van der Waals surface area contributed by atoms with Crippen molar-refractivity contribution in [3.8, 4) is 0 Å². The molecule has 0 spiro atoms. The number of benzene rings is 2. The highest BCUT2D eigenvalue weighted by molar-refractivity contribution is 5.94. The van der Waals surface area contributed by atoms with E-state index in [0.29, 0.717) is 5.56 Å². The number of nitrogens with one attached hydrogen (secondary N) is 1. The SMILES string of the molecule is Cn1cccc1C(NC(=O)c1ccccc1)c1ccccc1. The standard InChI is InChI=1S/C19H18N2O/c1-21-14-8-13-17(21)18(15-9-4-2-5-10-15)20-19(22)16-11-6-3-7-12-16/h2-14,18H,1H3,(H,20,22). The molecule has 0 fully saturated rings. The molecule has 1 aromatic heterocycles. The van der Waals surface area contributed by atoms with Crippen LogP contribution in [0.1, 0.15) is 27.7 Å². The van der Waals surface area contributed by atoms with Gasteiger partial charge in [-0.2, -0.15) is 0 Å². The number of aryl methyl sites for hydroxylation is 1. The highest BCUT2D eigenvalue weighted by atomic mass is 16.1. The van der Waals surface area contributed by atoms with Crippen LogP contribution >= 0.6 is 0 Å². The smallest absolute Gasteiger partial charge is 0.252 e. The summed E-state index contributed by atoms with van der Waals surface area (Å²) >= 11 is 0. The van der Waals surface area contributed by atoms with Gasteiger partial charge in [0, 0.05) is 24.5 Å². The van der Waals surface area contributed by atoms with Gasteiger partial charge in [-0.15, -0.1) is 0 Å². The van der Waals surface area contributed by atoms with Crippen molar-refractivity contribution >= 4 is 5.91 Å². The number of amides is 1. The summed E-state index contributed by atoms with van der Waals surface area (Å²) in [5, 5.41) is 3.13. The number of hydrogen-bond acceptors (Lipinski definition) is 1. The van der Waals surface area contributed by atoms with E-state index in [9.17, 15) is 4.79 Å². The molecule has 1 atom stereocenters. The van der Waals surface area contributed by atoms with E-state index in [4.69, 9.17) is 0 Å². The third kappa shape index (κ3) is 2.93. The normalized spacial score (nSPS) is 11.9. The van der Waals surface area contributed by atoms with Crippen molar-refractivity contribution in [2.24, 2.45) is 7.05 Å². The molecule has 0 bridgehead atoms. The maximum atomic E-state index is 12.5. The van der Waals surface area contributed by atoms with Crippen molar-refractivity contribution in [3.63, 3.8) is 0 Å². The van der Waals surface area contributed by atoms with Crippen molar-refractivity contribution in [2.75, 3.05) is 0 Å². The van der Waals surface area contributed by atoms with Gasteiger partial charge in [0.05, 0.1) is 6.04 Å². The lowest BCUT2D eigenvalue weighted by atomic mass is 10.0. The Balaban J connectivity index is 1.93. The largest absolute Gasteiger partial charge is 0.352 e. The molecule has 1 N–H and O–H groups in total. The fourth-order valence-corrected chi connectivity index (χ4v) is 2.55. The number of aromatic nitrogens is 1. The highest BCUT2D eigenvalue weighted by Crippen LogP contribution is 2.22. The fraction of sp³-hybridized carbons (Fsp3) is 0.105. The molecular weight excluding hydrogens is 272 g/mol. The summed E-state index contributed by atoms with van der Waals surface area (Å²) in [5.74, 6) is -0.0735. The summed E-state index contributed by atoms with van der Waals surface area (Å²) in [6, 6.07) is 23.1. The number of carbonyl (C=O) groups excluding carboxylic acids is 1. The molecule has 0 saturated heterocycles. The Hall–Kier alpha value is -2.81. The van der Waals surface area contributed by atoms with Crippen LogP contribution in [0, 0.1) is 0 Å². The van der Waals surface area contributed by atoms with Crippen molar-refractivity contribution in [1.82, 2.24) is 9.88 Å². The minimum absolute atomic E-state index is 0.0735. The Bertz CT molecular complexity index is 747. The molecule has 2 aromatic carbocycles. The second kappa shape index (κ2) is 6.31.